The normalized spacial score (nSPS) is 11.2. The van der Waals surface area contributed by atoms with E-state index in [0.717, 1.165) is 11.3 Å². The molecule has 1 N–H and O–H groups in total. The summed E-state index contributed by atoms with van der Waals surface area (Å²) in [6.45, 7) is -0.573. The van der Waals surface area contributed by atoms with E-state index < -0.39 is 30.2 Å². The number of carbonyl (C=O) groups is 2. The lowest BCUT2D eigenvalue weighted by Gasteiger charge is -2.10. The number of anilines is 1. The SMILES string of the molecule is O=C(COC(=O)CCCc1cccs1)Nc1ncc(C(F)(F)F)cc1Cl. The number of aromatic nitrogens is 1. The van der Waals surface area contributed by atoms with E-state index in [1.807, 2.05) is 17.5 Å². The highest BCUT2D eigenvalue weighted by molar-refractivity contribution is 7.09. The number of rotatable bonds is 7. The van der Waals surface area contributed by atoms with Gasteiger partial charge in [0.25, 0.3) is 5.91 Å². The van der Waals surface area contributed by atoms with Gasteiger partial charge in [-0.3, -0.25) is 9.59 Å². The molecule has 5 nitrogen and oxygen atoms in total. The van der Waals surface area contributed by atoms with Gasteiger partial charge >= 0.3 is 12.1 Å². The van der Waals surface area contributed by atoms with Crippen molar-refractivity contribution >= 4 is 40.6 Å². The van der Waals surface area contributed by atoms with Gasteiger partial charge in [0.15, 0.2) is 12.4 Å². The van der Waals surface area contributed by atoms with Crippen LogP contribution in [0.2, 0.25) is 5.02 Å². The summed E-state index contributed by atoms with van der Waals surface area (Å²) in [6, 6.07) is 4.54. The minimum Gasteiger partial charge on any atom is -0.456 e. The van der Waals surface area contributed by atoms with Gasteiger partial charge in [0, 0.05) is 17.5 Å². The molecule has 0 spiro atoms. The molecule has 140 valence electrons. The van der Waals surface area contributed by atoms with Crippen molar-refractivity contribution in [3.05, 3.63) is 45.2 Å². The monoisotopic (exact) mass is 406 g/mol. The molecule has 10 heteroatoms. The number of aryl methyl sites for hydroxylation is 1. The van der Waals surface area contributed by atoms with Crippen molar-refractivity contribution in [1.29, 1.82) is 0 Å². The van der Waals surface area contributed by atoms with Crippen LogP contribution in [0.3, 0.4) is 0 Å². The van der Waals surface area contributed by atoms with Gasteiger partial charge in [0.05, 0.1) is 10.6 Å². The summed E-state index contributed by atoms with van der Waals surface area (Å²) < 4.78 is 42.4. The summed E-state index contributed by atoms with van der Waals surface area (Å²) >= 11 is 7.27. The van der Waals surface area contributed by atoms with Crippen LogP contribution in [0.4, 0.5) is 19.0 Å². The molecule has 0 aromatic carbocycles. The van der Waals surface area contributed by atoms with Crippen molar-refractivity contribution in [1.82, 2.24) is 4.98 Å². The number of nitrogens with one attached hydrogen (secondary N) is 1. The molecule has 0 aliphatic rings. The lowest BCUT2D eigenvalue weighted by Crippen LogP contribution is -2.21. The Balaban J connectivity index is 1.75. The highest BCUT2D eigenvalue weighted by Gasteiger charge is 2.31. The molecule has 0 fully saturated rings. The van der Waals surface area contributed by atoms with E-state index in [4.69, 9.17) is 16.3 Å². The number of hydrogen-bond donors (Lipinski definition) is 1. The first kappa shape index (κ1) is 20.2. The van der Waals surface area contributed by atoms with Gasteiger partial charge in [-0.2, -0.15) is 13.2 Å². The van der Waals surface area contributed by atoms with Crippen LogP contribution in [-0.2, 0) is 26.9 Å². The van der Waals surface area contributed by atoms with E-state index in [1.165, 1.54) is 0 Å². The predicted molar refractivity (Wildman–Crippen MR) is 91.1 cm³/mol. The highest BCUT2D eigenvalue weighted by Crippen LogP contribution is 2.32. The van der Waals surface area contributed by atoms with Gasteiger partial charge in [0.1, 0.15) is 0 Å². The smallest absolute Gasteiger partial charge is 0.417 e. The highest BCUT2D eigenvalue weighted by atomic mass is 35.5. The second-order valence-electron chi connectivity index (χ2n) is 5.19. The number of esters is 1. The van der Waals surface area contributed by atoms with E-state index >= 15 is 0 Å². The van der Waals surface area contributed by atoms with Gasteiger partial charge in [-0.05, 0) is 30.4 Å². The number of thiophene rings is 1. The Bertz CT molecular complexity index is 767. The molecule has 0 saturated heterocycles. The third-order valence-electron chi connectivity index (χ3n) is 3.17. The molecule has 0 bridgehead atoms. The van der Waals surface area contributed by atoms with E-state index in [2.05, 4.69) is 10.3 Å². The second kappa shape index (κ2) is 9.00. The van der Waals surface area contributed by atoms with Crippen molar-refractivity contribution in [3.63, 3.8) is 0 Å². The topological polar surface area (TPSA) is 68.3 Å². The Labute approximate surface area is 156 Å². The van der Waals surface area contributed by atoms with Crippen LogP contribution in [0.1, 0.15) is 23.3 Å². The predicted octanol–water partition coefficient (Wildman–Crippen LogP) is 4.32. The zero-order valence-electron chi connectivity index (χ0n) is 13.3. The lowest BCUT2D eigenvalue weighted by molar-refractivity contribution is -0.147. The number of alkyl halides is 3. The maximum atomic E-state index is 12.5. The Morgan fingerprint density at radius 3 is 2.73 bits per heavy atom. The fourth-order valence-electron chi connectivity index (χ4n) is 1.93. The molecule has 0 aliphatic carbocycles. The zero-order valence-corrected chi connectivity index (χ0v) is 14.9. The molecule has 2 rings (SSSR count). The zero-order chi connectivity index (χ0) is 19.2. The number of amides is 1. The molecule has 0 unspecified atom stereocenters. The number of pyridine rings is 1. The van der Waals surface area contributed by atoms with Crippen molar-refractivity contribution in [3.8, 4) is 0 Å². The number of nitrogens with zero attached hydrogens (tertiary/aromatic N) is 1. The molecule has 1 amide bonds. The Morgan fingerprint density at radius 2 is 2.12 bits per heavy atom. The molecule has 26 heavy (non-hydrogen) atoms. The van der Waals surface area contributed by atoms with Crippen LogP contribution in [0, 0.1) is 0 Å². The second-order valence-corrected chi connectivity index (χ2v) is 6.63. The quantitative estimate of drug-likeness (QED) is 0.695. The van der Waals surface area contributed by atoms with E-state index in [0.29, 0.717) is 18.7 Å². The van der Waals surface area contributed by atoms with E-state index in [-0.39, 0.29) is 17.3 Å². The van der Waals surface area contributed by atoms with Crippen molar-refractivity contribution < 1.29 is 27.5 Å². The van der Waals surface area contributed by atoms with Crippen molar-refractivity contribution in [2.24, 2.45) is 0 Å². The molecule has 0 atom stereocenters. The van der Waals surface area contributed by atoms with Gasteiger partial charge < -0.3 is 10.1 Å². The van der Waals surface area contributed by atoms with Gasteiger partial charge in [-0.25, -0.2) is 4.98 Å². The number of ether oxygens (including phenoxy) is 1. The van der Waals surface area contributed by atoms with Crippen molar-refractivity contribution in [2.45, 2.75) is 25.4 Å². The third kappa shape index (κ3) is 6.30. The largest absolute Gasteiger partial charge is 0.456 e. The maximum Gasteiger partial charge on any atom is 0.417 e. The van der Waals surface area contributed by atoms with Gasteiger partial charge in [-0.15, -0.1) is 11.3 Å². The standard InChI is InChI=1S/C16H14ClF3N2O3S/c17-12-7-10(16(18,19)20)8-21-15(12)22-13(23)9-25-14(24)5-1-3-11-4-2-6-26-11/h2,4,6-8H,1,3,5,9H2,(H,21,22,23). The minimum absolute atomic E-state index is 0.157. The number of halogens is 4. The molecule has 2 heterocycles. The van der Waals surface area contributed by atoms with Crippen molar-refractivity contribution in [2.75, 3.05) is 11.9 Å². The lowest BCUT2D eigenvalue weighted by atomic mass is 10.2. The first-order valence-electron chi connectivity index (χ1n) is 7.46. The average molecular weight is 407 g/mol. The Hall–Kier alpha value is -2.13. The molecule has 0 radical (unpaired) electrons. The molecule has 2 aromatic rings. The summed E-state index contributed by atoms with van der Waals surface area (Å²) in [5.74, 6) is -1.52. The number of carbonyl (C=O) groups excluding carboxylic acids is 2. The maximum absolute atomic E-state index is 12.5. The first-order valence-corrected chi connectivity index (χ1v) is 8.72. The van der Waals surface area contributed by atoms with Crippen LogP contribution < -0.4 is 5.32 Å². The average Bonchev–Trinajstić information content (AvgIpc) is 3.07. The fourth-order valence-corrected chi connectivity index (χ4v) is 2.90. The molecular weight excluding hydrogens is 393 g/mol. The summed E-state index contributed by atoms with van der Waals surface area (Å²) in [6.07, 6.45) is -2.54. The summed E-state index contributed by atoms with van der Waals surface area (Å²) in [5.41, 5.74) is -1.03. The van der Waals surface area contributed by atoms with Crippen LogP contribution in [0.15, 0.2) is 29.8 Å². The number of hydrogen-bond acceptors (Lipinski definition) is 5. The summed E-state index contributed by atoms with van der Waals surface area (Å²) in [5, 5.41) is 3.78. The first-order chi connectivity index (χ1) is 12.3. The summed E-state index contributed by atoms with van der Waals surface area (Å²) in [7, 11) is 0. The molecule has 0 aliphatic heterocycles. The molecule has 0 saturated carbocycles. The Morgan fingerprint density at radius 1 is 1.35 bits per heavy atom. The fraction of sp³-hybridized carbons (Fsp3) is 0.312. The Kier molecular flexibility index (Phi) is 6.98. The van der Waals surface area contributed by atoms with Crippen LogP contribution in [-0.4, -0.2) is 23.5 Å². The van der Waals surface area contributed by atoms with Gasteiger partial charge in [0.2, 0.25) is 0 Å². The van der Waals surface area contributed by atoms with Crippen LogP contribution in [0.25, 0.3) is 0 Å². The van der Waals surface area contributed by atoms with Crippen LogP contribution in [0.5, 0.6) is 0 Å². The summed E-state index contributed by atoms with van der Waals surface area (Å²) in [4.78, 5) is 27.9. The molecular formula is C16H14ClF3N2O3S. The molecule has 2 aromatic heterocycles. The van der Waals surface area contributed by atoms with Gasteiger partial charge in [-0.1, -0.05) is 17.7 Å². The third-order valence-corrected chi connectivity index (χ3v) is 4.40. The van der Waals surface area contributed by atoms with Crippen LogP contribution >= 0.6 is 22.9 Å². The minimum atomic E-state index is -4.59. The van der Waals surface area contributed by atoms with E-state index in [1.54, 1.807) is 11.3 Å². The van der Waals surface area contributed by atoms with E-state index in [9.17, 15) is 22.8 Å².